The Morgan fingerprint density at radius 1 is 1.17 bits per heavy atom. The number of hydrogen-bond donors (Lipinski definition) is 1. The molecule has 0 amide bonds. The second kappa shape index (κ2) is 8.22. The van der Waals surface area contributed by atoms with E-state index < -0.39 is 10.2 Å². The van der Waals surface area contributed by atoms with Gasteiger partial charge in [0.15, 0.2) is 0 Å². The summed E-state index contributed by atoms with van der Waals surface area (Å²) in [5, 5.41) is 0. The van der Waals surface area contributed by atoms with Gasteiger partial charge in [-0.3, -0.25) is 0 Å². The molecule has 1 aromatic heterocycles. The summed E-state index contributed by atoms with van der Waals surface area (Å²) in [4.78, 5) is 11.4. The van der Waals surface area contributed by atoms with Crippen LogP contribution in [0.1, 0.15) is 56.3 Å². The lowest BCUT2D eigenvalue weighted by atomic mass is 10.1. The molecule has 0 unspecified atom stereocenters. The summed E-state index contributed by atoms with van der Waals surface area (Å²) in [6, 6.07) is -0.376. The molecule has 0 radical (unpaired) electrons. The summed E-state index contributed by atoms with van der Waals surface area (Å²) < 4.78 is 27.7. The number of aryl methyl sites for hydroxylation is 1. The second-order valence-corrected chi connectivity index (χ2v) is 8.51. The molecule has 1 atom stereocenters. The summed E-state index contributed by atoms with van der Waals surface area (Å²) in [6.45, 7) is 5.69. The third-order valence-corrected chi connectivity index (χ3v) is 6.03. The van der Waals surface area contributed by atoms with E-state index in [0.717, 1.165) is 34.6 Å². The molecule has 1 saturated heterocycles. The number of hydrogen-bond acceptors (Lipinski definition) is 5. The van der Waals surface area contributed by atoms with E-state index >= 15 is 0 Å². The number of nitrogens with one attached hydrogen (secondary N) is 1. The molecule has 136 valence electrons. The van der Waals surface area contributed by atoms with Crippen molar-refractivity contribution in [3.63, 3.8) is 0 Å². The van der Waals surface area contributed by atoms with E-state index in [1.165, 1.54) is 46.2 Å². The molecule has 1 aliphatic rings. The molecule has 1 N–H and O–H groups in total. The minimum atomic E-state index is -3.48. The van der Waals surface area contributed by atoms with Gasteiger partial charge in [-0.15, -0.1) is 0 Å². The van der Waals surface area contributed by atoms with Gasteiger partial charge in [0, 0.05) is 50.7 Å². The predicted molar refractivity (Wildman–Crippen MR) is 96.2 cm³/mol. The SMILES string of the molecule is Cc1nc(N2CCCCCCC2)ncc1[C@@H](C)NS(=O)(=O)N(C)C. The van der Waals surface area contributed by atoms with Crippen molar-refractivity contribution >= 4 is 16.2 Å². The first-order valence-electron chi connectivity index (χ1n) is 8.59. The Morgan fingerprint density at radius 2 is 1.75 bits per heavy atom. The number of rotatable bonds is 5. The average Bonchev–Trinajstić information content (AvgIpc) is 2.45. The minimum Gasteiger partial charge on any atom is -0.341 e. The Kier molecular flexibility index (Phi) is 6.54. The molecule has 0 aromatic carbocycles. The Balaban J connectivity index is 2.13. The highest BCUT2D eigenvalue weighted by Gasteiger charge is 2.21. The van der Waals surface area contributed by atoms with Crippen molar-refractivity contribution in [3.8, 4) is 0 Å². The lowest BCUT2D eigenvalue weighted by Gasteiger charge is -2.26. The summed E-state index contributed by atoms with van der Waals surface area (Å²) >= 11 is 0. The largest absolute Gasteiger partial charge is 0.341 e. The normalized spacial score (nSPS) is 18.3. The summed E-state index contributed by atoms with van der Waals surface area (Å²) in [5.74, 6) is 0.751. The molecule has 0 bridgehead atoms. The summed E-state index contributed by atoms with van der Waals surface area (Å²) in [7, 11) is -0.478. The molecule has 1 aromatic rings. The van der Waals surface area contributed by atoms with Gasteiger partial charge in [0.1, 0.15) is 0 Å². The lowest BCUT2D eigenvalue weighted by Crippen LogP contribution is -2.37. The molecular formula is C16H29N5O2S. The first-order valence-corrected chi connectivity index (χ1v) is 10.0. The third-order valence-electron chi connectivity index (χ3n) is 4.42. The van der Waals surface area contributed by atoms with Crippen LogP contribution in [0.25, 0.3) is 0 Å². The Hall–Kier alpha value is -1.25. The first-order chi connectivity index (χ1) is 11.3. The van der Waals surface area contributed by atoms with E-state index in [1.807, 2.05) is 13.8 Å². The molecule has 24 heavy (non-hydrogen) atoms. The quantitative estimate of drug-likeness (QED) is 0.874. The van der Waals surface area contributed by atoms with Crippen molar-refractivity contribution in [1.29, 1.82) is 0 Å². The molecule has 1 fully saturated rings. The van der Waals surface area contributed by atoms with Gasteiger partial charge in [0.25, 0.3) is 10.2 Å². The van der Waals surface area contributed by atoms with Crippen LogP contribution in [0.15, 0.2) is 6.20 Å². The van der Waals surface area contributed by atoms with E-state index in [9.17, 15) is 8.42 Å². The predicted octanol–water partition coefficient (Wildman–Crippen LogP) is 2.01. The van der Waals surface area contributed by atoms with Gasteiger partial charge in [0.2, 0.25) is 5.95 Å². The van der Waals surface area contributed by atoms with Gasteiger partial charge in [-0.25, -0.2) is 9.97 Å². The van der Waals surface area contributed by atoms with Crippen molar-refractivity contribution in [1.82, 2.24) is 19.0 Å². The zero-order valence-corrected chi connectivity index (χ0v) is 15.9. The van der Waals surface area contributed by atoms with Crippen LogP contribution in [0.5, 0.6) is 0 Å². The van der Waals surface area contributed by atoms with E-state index in [-0.39, 0.29) is 6.04 Å². The van der Waals surface area contributed by atoms with E-state index in [1.54, 1.807) is 6.20 Å². The Labute approximate surface area is 145 Å². The molecule has 2 rings (SSSR count). The van der Waals surface area contributed by atoms with Gasteiger partial charge in [-0.1, -0.05) is 19.3 Å². The average molecular weight is 356 g/mol. The molecule has 1 aliphatic heterocycles. The highest BCUT2D eigenvalue weighted by molar-refractivity contribution is 7.87. The van der Waals surface area contributed by atoms with Crippen LogP contribution < -0.4 is 9.62 Å². The van der Waals surface area contributed by atoms with E-state index in [4.69, 9.17) is 0 Å². The van der Waals surface area contributed by atoms with Crippen LogP contribution in [0, 0.1) is 6.92 Å². The fourth-order valence-corrected chi connectivity index (χ4v) is 3.67. The van der Waals surface area contributed by atoms with Crippen molar-refractivity contribution in [3.05, 3.63) is 17.5 Å². The topological polar surface area (TPSA) is 78.4 Å². The highest BCUT2D eigenvalue weighted by Crippen LogP contribution is 2.20. The van der Waals surface area contributed by atoms with Crippen LogP contribution in [0.3, 0.4) is 0 Å². The number of aromatic nitrogens is 2. The molecule has 0 aliphatic carbocycles. The summed E-state index contributed by atoms with van der Waals surface area (Å²) in [6.07, 6.45) is 7.93. The Bertz CT molecular complexity index is 640. The summed E-state index contributed by atoms with van der Waals surface area (Å²) in [5.41, 5.74) is 1.62. The number of anilines is 1. The smallest absolute Gasteiger partial charge is 0.279 e. The van der Waals surface area contributed by atoms with Crippen molar-refractivity contribution in [2.24, 2.45) is 0 Å². The van der Waals surface area contributed by atoms with Crippen LogP contribution in [0.4, 0.5) is 5.95 Å². The fraction of sp³-hybridized carbons (Fsp3) is 0.750. The molecule has 8 heteroatoms. The number of nitrogens with zero attached hydrogens (tertiary/aromatic N) is 4. The molecule has 7 nitrogen and oxygen atoms in total. The zero-order chi connectivity index (χ0) is 17.7. The van der Waals surface area contributed by atoms with Gasteiger partial charge in [0.05, 0.1) is 0 Å². The third kappa shape index (κ3) is 4.87. The van der Waals surface area contributed by atoms with Crippen LogP contribution in [0.2, 0.25) is 0 Å². The maximum absolute atomic E-state index is 12.0. The second-order valence-electron chi connectivity index (χ2n) is 6.59. The van der Waals surface area contributed by atoms with Crippen LogP contribution in [-0.4, -0.2) is 49.9 Å². The highest BCUT2D eigenvalue weighted by atomic mass is 32.2. The van der Waals surface area contributed by atoms with Gasteiger partial charge in [-0.05, 0) is 26.7 Å². The maximum Gasteiger partial charge on any atom is 0.279 e. The fourth-order valence-electron chi connectivity index (χ4n) is 2.88. The molecule has 0 saturated carbocycles. The van der Waals surface area contributed by atoms with Crippen molar-refractivity contribution in [2.45, 2.75) is 52.0 Å². The molecule has 2 heterocycles. The molecule has 0 spiro atoms. The zero-order valence-electron chi connectivity index (χ0n) is 15.1. The minimum absolute atomic E-state index is 0.376. The molecular weight excluding hydrogens is 326 g/mol. The van der Waals surface area contributed by atoms with Crippen LogP contribution >= 0.6 is 0 Å². The van der Waals surface area contributed by atoms with Crippen molar-refractivity contribution in [2.75, 3.05) is 32.1 Å². The Morgan fingerprint density at radius 3 is 2.29 bits per heavy atom. The lowest BCUT2D eigenvalue weighted by molar-refractivity contribution is 0.493. The van der Waals surface area contributed by atoms with Gasteiger partial charge < -0.3 is 4.90 Å². The maximum atomic E-state index is 12.0. The van der Waals surface area contributed by atoms with Crippen molar-refractivity contribution < 1.29 is 8.42 Å². The van der Waals surface area contributed by atoms with E-state index in [0.29, 0.717) is 0 Å². The van der Waals surface area contributed by atoms with Gasteiger partial charge >= 0.3 is 0 Å². The standard InChI is InChI=1S/C16H29N5O2S/c1-13-15(14(2)19-24(22,23)20(3)4)12-17-16(18-13)21-10-8-6-5-7-9-11-21/h12,14,19H,5-11H2,1-4H3/t14-/m1/s1. The van der Waals surface area contributed by atoms with E-state index in [2.05, 4.69) is 19.6 Å². The van der Waals surface area contributed by atoms with Crippen LogP contribution in [-0.2, 0) is 10.2 Å². The van der Waals surface area contributed by atoms with Gasteiger partial charge in [-0.2, -0.15) is 17.4 Å². The monoisotopic (exact) mass is 355 g/mol. The first kappa shape index (κ1) is 19.1.